The first-order chi connectivity index (χ1) is 12.2. The summed E-state index contributed by atoms with van der Waals surface area (Å²) >= 11 is 0. The first-order valence-corrected chi connectivity index (χ1v) is 9.19. The fraction of sp³-hybridized carbons (Fsp3) is 0.647. The molecule has 1 saturated heterocycles. The van der Waals surface area contributed by atoms with E-state index in [0.29, 0.717) is 6.04 Å². The Bertz CT molecular complexity index is 731. The summed E-state index contributed by atoms with van der Waals surface area (Å²) in [5.41, 5.74) is 0. The lowest BCUT2D eigenvalue weighted by Gasteiger charge is -2.26. The van der Waals surface area contributed by atoms with Gasteiger partial charge in [-0.05, 0) is 25.7 Å². The Kier molecular flexibility index (Phi) is 4.42. The molecular formula is C17H25N7O. The van der Waals surface area contributed by atoms with Crippen LogP contribution in [0.5, 0.6) is 0 Å². The quantitative estimate of drug-likeness (QED) is 0.929. The molecular weight excluding hydrogens is 318 g/mol. The largest absolute Gasteiger partial charge is 0.323 e. The number of anilines is 1. The number of aromatic nitrogens is 5. The zero-order chi connectivity index (χ0) is 17.2. The second-order valence-electron chi connectivity index (χ2n) is 7.03. The zero-order valence-electron chi connectivity index (χ0n) is 14.6. The average molecular weight is 343 g/mol. The number of amides is 2. The summed E-state index contributed by atoms with van der Waals surface area (Å²) in [5.74, 6) is 1.63. The van der Waals surface area contributed by atoms with Crippen LogP contribution in [0.4, 0.5) is 10.6 Å². The fourth-order valence-corrected chi connectivity index (χ4v) is 4.08. The van der Waals surface area contributed by atoms with Crippen LogP contribution in [0, 0.1) is 0 Å². The highest BCUT2D eigenvalue weighted by Gasteiger charge is 2.33. The molecule has 25 heavy (non-hydrogen) atoms. The monoisotopic (exact) mass is 343 g/mol. The zero-order valence-corrected chi connectivity index (χ0v) is 14.6. The maximum absolute atomic E-state index is 12.9. The van der Waals surface area contributed by atoms with E-state index in [9.17, 15) is 4.79 Å². The Labute approximate surface area is 147 Å². The second-order valence-corrected chi connectivity index (χ2v) is 7.03. The van der Waals surface area contributed by atoms with Gasteiger partial charge in [-0.15, -0.1) is 10.2 Å². The number of rotatable bonds is 3. The van der Waals surface area contributed by atoms with Crippen molar-refractivity contribution in [1.29, 1.82) is 0 Å². The number of carbonyl (C=O) groups is 1. The molecule has 0 spiro atoms. The lowest BCUT2D eigenvalue weighted by atomic mass is 9.96. The van der Waals surface area contributed by atoms with Gasteiger partial charge in [-0.3, -0.25) is 5.32 Å². The van der Waals surface area contributed by atoms with Crippen molar-refractivity contribution in [2.24, 2.45) is 7.05 Å². The van der Waals surface area contributed by atoms with Crippen molar-refractivity contribution in [3.05, 3.63) is 24.4 Å². The minimum atomic E-state index is -0.0805. The van der Waals surface area contributed by atoms with Crippen LogP contribution in [0.15, 0.2) is 18.6 Å². The number of hydrogen-bond acceptors (Lipinski definition) is 4. The van der Waals surface area contributed by atoms with Crippen molar-refractivity contribution < 1.29 is 4.79 Å². The maximum Gasteiger partial charge on any atom is 0.323 e. The highest BCUT2D eigenvalue weighted by atomic mass is 16.2. The molecule has 1 saturated carbocycles. The van der Waals surface area contributed by atoms with Crippen LogP contribution in [0.2, 0.25) is 0 Å². The van der Waals surface area contributed by atoms with E-state index in [2.05, 4.69) is 20.6 Å². The van der Waals surface area contributed by atoms with E-state index < -0.39 is 0 Å². The standard InChI is InChI=1S/C17H25N7O/c1-22-12-18-21-16(22)14-8-5-11-23(14)17(25)20-15-9-10-19-24(15)13-6-3-2-4-7-13/h9-10,12-14H,2-8,11H2,1H3,(H,20,25). The Morgan fingerprint density at radius 3 is 2.80 bits per heavy atom. The normalized spacial score (nSPS) is 21.6. The Hall–Kier alpha value is -2.38. The fourth-order valence-electron chi connectivity index (χ4n) is 4.08. The van der Waals surface area contributed by atoms with Crippen molar-refractivity contribution in [1.82, 2.24) is 29.4 Å². The topological polar surface area (TPSA) is 80.9 Å². The van der Waals surface area contributed by atoms with E-state index in [0.717, 1.165) is 43.9 Å². The lowest BCUT2D eigenvalue weighted by Crippen LogP contribution is -2.36. The van der Waals surface area contributed by atoms with Gasteiger partial charge in [-0.25, -0.2) is 9.48 Å². The van der Waals surface area contributed by atoms with E-state index >= 15 is 0 Å². The summed E-state index contributed by atoms with van der Waals surface area (Å²) in [6, 6.07) is 2.19. The number of urea groups is 1. The molecule has 2 fully saturated rings. The summed E-state index contributed by atoms with van der Waals surface area (Å²) in [6.07, 6.45) is 11.4. The molecule has 1 atom stereocenters. The van der Waals surface area contributed by atoms with Gasteiger partial charge in [-0.2, -0.15) is 5.10 Å². The number of nitrogens with one attached hydrogen (secondary N) is 1. The van der Waals surface area contributed by atoms with Gasteiger partial charge in [0.05, 0.1) is 18.3 Å². The van der Waals surface area contributed by atoms with Gasteiger partial charge < -0.3 is 9.47 Å². The molecule has 1 unspecified atom stereocenters. The van der Waals surface area contributed by atoms with Gasteiger partial charge in [0.15, 0.2) is 5.82 Å². The molecule has 1 aliphatic heterocycles. The van der Waals surface area contributed by atoms with E-state index in [1.165, 1.54) is 19.3 Å². The Balaban J connectivity index is 1.49. The third-order valence-electron chi connectivity index (χ3n) is 5.38. The van der Waals surface area contributed by atoms with Crippen LogP contribution in [-0.2, 0) is 7.05 Å². The van der Waals surface area contributed by atoms with Crippen molar-refractivity contribution in [2.45, 2.75) is 57.0 Å². The molecule has 0 radical (unpaired) electrons. The van der Waals surface area contributed by atoms with Gasteiger partial charge >= 0.3 is 6.03 Å². The molecule has 0 aromatic carbocycles. The summed E-state index contributed by atoms with van der Waals surface area (Å²) in [7, 11) is 1.92. The van der Waals surface area contributed by atoms with E-state index in [-0.39, 0.29) is 12.1 Å². The van der Waals surface area contributed by atoms with Crippen LogP contribution in [0.3, 0.4) is 0 Å². The molecule has 2 aliphatic rings. The molecule has 3 heterocycles. The molecule has 2 aromatic rings. The molecule has 1 N–H and O–H groups in total. The van der Waals surface area contributed by atoms with Crippen molar-refractivity contribution in [2.75, 3.05) is 11.9 Å². The number of aryl methyl sites for hydroxylation is 1. The highest BCUT2D eigenvalue weighted by Crippen LogP contribution is 2.32. The average Bonchev–Trinajstić information content (AvgIpc) is 3.35. The summed E-state index contributed by atoms with van der Waals surface area (Å²) < 4.78 is 3.88. The summed E-state index contributed by atoms with van der Waals surface area (Å²) in [5, 5.41) is 15.7. The van der Waals surface area contributed by atoms with Crippen LogP contribution >= 0.6 is 0 Å². The smallest absolute Gasteiger partial charge is 0.319 e. The molecule has 8 heteroatoms. The third kappa shape index (κ3) is 3.12. The van der Waals surface area contributed by atoms with E-state index in [4.69, 9.17) is 0 Å². The van der Waals surface area contributed by atoms with Gasteiger partial charge in [0, 0.05) is 19.7 Å². The highest BCUT2D eigenvalue weighted by molar-refractivity contribution is 5.88. The molecule has 134 valence electrons. The van der Waals surface area contributed by atoms with E-state index in [1.54, 1.807) is 12.5 Å². The first-order valence-electron chi connectivity index (χ1n) is 9.19. The number of hydrogen-bond donors (Lipinski definition) is 1. The van der Waals surface area contributed by atoms with Crippen LogP contribution < -0.4 is 5.32 Å². The first kappa shape index (κ1) is 16.1. The molecule has 2 amide bonds. The van der Waals surface area contributed by atoms with Gasteiger partial charge in [0.1, 0.15) is 12.1 Å². The van der Waals surface area contributed by atoms with Crippen molar-refractivity contribution in [3.63, 3.8) is 0 Å². The Morgan fingerprint density at radius 2 is 2.04 bits per heavy atom. The Morgan fingerprint density at radius 1 is 1.20 bits per heavy atom. The van der Waals surface area contributed by atoms with Crippen molar-refractivity contribution in [3.8, 4) is 0 Å². The molecule has 4 rings (SSSR count). The third-order valence-corrected chi connectivity index (χ3v) is 5.38. The van der Waals surface area contributed by atoms with Gasteiger partial charge in [0.25, 0.3) is 0 Å². The summed E-state index contributed by atoms with van der Waals surface area (Å²) in [4.78, 5) is 14.7. The number of likely N-dealkylation sites (tertiary alicyclic amines) is 1. The van der Waals surface area contributed by atoms with Crippen LogP contribution in [0.1, 0.15) is 62.9 Å². The lowest BCUT2D eigenvalue weighted by molar-refractivity contribution is 0.203. The minimum Gasteiger partial charge on any atom is -0.319 e. The number of nitrogens with zero attached hydrogens (tertiary/aromatic N) is 6. The van der Waals surface area contributed by atoms with Gasteiger partial charge in [-0.1, -0.05) is 19.3 Å². The number of carbonyl (C=O) groups excluding carboxylic acids is 1. The van der Waals surface area contributed by atoms with E-state index in [1.807, 2.05) is 27.3 Å². The van der Waals surface area contributed by atoms with Crippen LogP contribution in [-0.4, -0.2) is 42.0 Å². The molecule has 1 aliphatic carbocycles. The van der Waals surface area contributed by atoms with Crippen LogP contribution in [0.25, 0.3) is 0 Å². The second kappa shape index (κ2) is 6.85. The maximum atomic E-state index is 12.9. The predicted octanol–water partition coefficient (Wildman–Crippen LogP) is 2.89. The minimum absolute atomic E-state index is 0.0152. The van der Waals surface area contributed by atoms with Gasteiger partial charge in [0.2, 0.25) is 0 Å². The predicted molar refractivity (Wildman–Crippen MR) is 93.1 cm³/mol. The summed E-state index contributed by atoms with van der Waals surface area (Å²) in [6.45, 7) is 0.737. The molecule has 0 bridgehead atoms. The SMILES string of the molecule is Cn1cnnc1C1CCCN1C(=O)Nc1ccnn1C1CCCCC1. The van der Waals surface area contributed by atoms with Crippen molar-refractivity contribution >= 4 is 11.8 Å². The molecule has 8 nitrogen and oxygen atoms in total. The molecule has 2 aromatic heterocycles.